The fourth-order valence-corrected chi connectivity index (χ4v) is 3.06. The molecule has 1 N–H and O–H groups in total. The van der Waals surface area contributed by atoms with Crippen LogP contribution in [0.2, 0.25) is 0 Å². The molecule has 1 unspecified atom stereocenters. The molecule has 2 aliphatic heterocycles. The largest absolute Gasteiger partial charge is 0.389 e. The zero-order chi connectivity index (χ0) is 13.9. The van der Waals surface area contributed by atoms with E-state index in [1.54, 1.807) is 13.1 Å². The summed E-state index contributed by atoms with van der Waals surface area (Å²) >= 11 is 0. The monoisotopic (exact) mass is 277 g/mol. The van der Waals surface area contributed by atoms with Crippen molar-refractivity contribution < 1.29 is 9.84 Å². The van der Waals surface area contributed by atoms with Gasteiger partial charge in [0.2, 0.25) is 0 Å². The molecule has 5 heteroatoms. The molecule has 110 valence electrons. The highest BCUT2D eigenvalue weighted by atomic mass is 16.5. The second-order valence-corrected chi connectivity index (χ2v) is 5.66. The summed E-state index contributed by atoms with van der Waals surface area (Å²) in [5, 5.41) is 9.68. The van der Waals surface area contributed by atoms with E-state index < -0.39 is 6.10 Å². The van der Waals surface area contributed by atoms with Crippen molar-refractivity contribution in [1.82, 2.24) is 9.88 Å². The van der Waals surface area contributed by atoms with Crippen LogP contribution >= 0.6 is 0 Å². The van der Waals surface area contributed by atoms with E-state index >= 15 is 0 Å². The van der Waals surface area contributed by atoms with Crippen molar-refractivity contribution in [1.29, 1.82) is 0 Å². The van der Waals surface area contributed by atoms with Crippen LogP contribution in [0.3, 0.4) is 0 Å². The summed E-state index contributed by atoms with van der Waals surface area (Å²) in [6, 6.07) is 4.49. The Hall–Kier alpha value is -1.17. The first-order valence-electron chi connectivity index (χ1n) is 7.45. The molecule has 1 aromatic rings. The van der Waals surface area contributed by atoms with Crippen LogP contribution in [0.15, 0.2) is 18.3 Å². The van der Waals surface area contributed by atoms with E-state index in [0.29, 0.717) is 6.04 Å². The van der Waals surface area contributed by atoms with Gasteiger partial charge in [-0.25, -0.2) is 4.98 Å². The van der Waals surface area contributed by atoms with Crippen LogP contribution in [-0.2, 0) is 4.74 Å². The highest BCUT2D eigenvalue weighted by molar-refractivity contribution is 5.43. The topological polar surface area (TPSA) is 48.8 Å². The van der Waals surface area contributed by atoms with Crippen molar-refractivity contribution in [2.75, 3.05) is 44.3 Å². The van der Waals surface area contributed by atoms with Crippen LogP contribution in [-0.4, -0.2) is 60.4 Å². The number of aliphatic hydroxyl groups is 1. The second kappa shape index (κ2) is 6.08. The first-order chi connectivity index (χ1) is 9.74. The zero-order valence-electron chi connectivity index (χ0n) is 12.0. The van der Waals surface area contributed by atoms with Crippen molar-refractivity contribution in [3.8, 4) is 0 Å². The molecule has 0 saturated carbocycles. The van der Waals surface area contributed by atoms with Crippen molar-refractivity contribution in [2.24, 2.45) is 0 Å². The number of anilines is 1. The summed E-state index contributed by atoms with van der Waals surface area (Å²) in [6.45, 7) is 7.64. The zero-order valence-corrected chi connectivity index (χ0v) is 12.0. The van der Waals surface area contributed by atoms with Crippen LogP contribution in [0.5, 0.6) is 0 Å². The van der Waals surface area contributed by atoms with Crippen molar-refractivity contribution in [2.45, 2.75) is 25.5 Å². The lowest BCUT2D eigenvalue weighted by atomic mass is 10.2. The van der Waals surface area contributed by atoms with E-state index in [-0.39, 0.29) is 0 Å². The number of morpholine rings is 1. The van der Waals surface area contributed by atoms with Gasteiger partial charge in [-0.05, 0) is 31.0 Å². The smallest absolute Gasteiger partial charge is 0.128 e. The molecule has 2 atom stereocenters. The highest BCUT2D eigenvalue weighted by Gasteiger charge is 2.29. The Morgan fingerprint density at radius 1 is 1.35 bits per heavy atom. The van der Waals surface area contributed by atoms with Crippen LogP contribution in [0, 0.1) is 0 Å². The van der Waals surface area contributed by atoms with Gasteiger partial charge in [0.15, 0.2) is 0 Å². The predicted molar refractivity (Wildman–Crippen MR) is 77.9 cm³/mol. The quantitative estimate of drug-likeness (QED) is 0.895. The Bertz CT molecular complexity index is 446. The van der Waals surface area contributed by atoms with Crippen molar-refractivity contribution in [3.63, 3.8) is 0 Å². The number of pyridine rings is 1. The minimum Gasteiger partial charge on any atom is -0.389 e. The highest BCUT2D eigenvalue weighted by Crippen LogP contribution is 2.24. The molecule has 0 bridgehead atoms. The molecule has 2 saturated heterocycles. The van der Waals surface area contributed by atoms with Crippen LogP contribution in [0.1, 0.15) is 25.0 Å². The third-order valence-electron chi connectivity index (χ3n) is 4.30. The van der Waals surface area contributed by atoms with Gasteiger partial charge in [-0.3, -0.25) is 4.90 Å². The third-order valence-corrected chi connectivity index (χ3v) is 4.30. The van der Waals surface area contributed by atoms with Gasteiger partial charge in [0.1, 0.15) is 5.82 Å². The van der Waals surface area contributed by atoms with Gasteiger partial charge < -0.3 is 14.7 Å². The Kier molecular flexibility index (Phi) is 4.19. The van der Waals surface area contributed by atoms with Gasteiger partial charge in [0.25, 0.3) is 0 Å². The summed E-state index contributed by atoms with van der Waals surface area (Å²) in [5.74, 6) is 0.985. The molecule has 0 spiro atoms. The van der Waals surface area contributed by atoms with Gasteiger partial charge in [-0.1, -0.05) is 0 Å². The lowest BCUT2D eigenvalue weighted by Gasteiger charge is -2.32. The standard InChI is InChI=1S/C15H23N3O2/c1-12(19)13-2-4-16-15(10-13)18-5-3-14(11-18)17-6-8-20-9-7-17/h2,4,10,12,14,19H,3,5-9,11H2,1H3/t12-,14?/m0/s1. The molecule has 0 amide bonds. The van der Waals surface area contributed by atoms with E-state index in [2.05, 4.69) is 14.8 Å². The summed E-state index contributed by atoms with van der Waals surface area (Å²) in [7, 11) is 0. The molecular weight excluding hydrogens is 254 g/mol. The van der Waals surface area contributed by atoms with Crippen molar-refractivity contribution in [3.05, 3.63) is 23.9 Å². The van der Waals surface area contributed by atoms with Gasteiger partial charge in [0.05, 0.1) is 19.3 Å². The maximum Gasteiger partial charge on any atom is 0.128 e. The second-order valence-electron chi connectivity index (χ2n) is 5.66. The molecule has 3 rings (SSSR count). The fraction of sp³-hybridized carbons (Fsp3) is 0.667. The molecule has 1 aromatic heterocycles. The molecular formula is C15H23N3O2. The van der Waals surface area contributed by atoms with E-state index in [9.17, 15) is 5.11 Å². The summed E-state index contributed by atoms with van der Waals surface area (Å²) in [4.78, 5) is 9.31. The maximum absolute atomic E-state index is 9.68. The number of hydrogen-bond donors (Lipinski definition) is 1. The van der Waals surface area contributed by atoms with E-state index in [4.69, 9.17) is 4.74 Å². The van der Waals surface area contributed by atoms with Crippen molar-refractivity contribution >= 4 is 5.82 Å². The molecule has 0 aliphatic carbocycles. The van der Waals surface area contributed by atoms with Crippen LogP contribution in [0.25, 0.3) is 0 Å². The van der Waals surface area contributed by atoms with E-state index in [1.807, 2.05) is 12.1 Å². The van der Waals surface area contributed by atoms with Gasteiger partial charge in [-0.2, -0.15) is 0 Å². The summed E-state index contributed by atoms with van der Waals surface area (Å²) < 4.78 is 5.42. The average Bonchev–Trinajstić information content (AvgIpc) is 2.98. The van der Waals surface area contributed by atoms with Crippen LogP contribution < -0.4 is 4.90 Å². The number of aromatic nitrogens is 1. The minimum absolute atomic E-state index is 0.436. The molecule has 5 nitrogen and oxygen atoms in total. The Morgan fingerprint density at radius 2 is 2.15 bits per heavy atom. The first kappa shape index (κ1) is 13.8. The summed E-state index contributed by atoms with van der Waals surface area (Å²) in [6.07, 6.45) is 2.54. The molecule has 0 radical (unpaired) electrons. The number of aliphatic hydroxyl groups excluding tert-OH is 1. The molecule has 20 heavy (non-hydrogen) atoms. The van der Waals surface area contributed by atoms with Gasteiger partial charge in [0, 0.05) is 38.4 Å². The van der Waals surface area contributed by atoms with Gasteiger partial charge in [-0.15, -0.1) is 0 Å². The average molecular weight is 277 g/mol. The summed E-state index contributed by atoms with van der Waals surface area (Å²) in [5.41, 5.74) is 0.935. The number of nitrogens with zero attached hydrogens (tertiary/aromatic N) is 3. The third kappa shape index (κ3) is 2.95. The molecule has 3 heterocycles. The normalized spacial score (nSPS) is 25.9. The number of rotatable bonds is 3. The Morgan fingerprint density at radius 3 is 2.90 bits per heavy atom. The first-order valence-corrected chi connectivity index (χ1v) is 7.45. The molecule has 0 aromatic carbocycles. The van der Waals surface area contributed by atoms with Crippen LogP contribution in [0.4, 0.5) is 5.82 Å². The Labute approximate surface area is 120 Å². The number of ether oxygens (including phenoxy) is 1. The fourth-order valence-electron chi connectivity index (χ4n) is 3.06. The van der Waals surface area contributed by atoms with E-state index in [0.717, 1.165) is 50.8 Å². The minimum atomic E-state index is -0.436. The number of hydrogen-bond acceptors (Lipinski definition) is 5. The SMILES string of the molecule is C[C@H](O)c1ccnc(N2CCC(N3CCOCC3)C2)c1. The lowest BCUT2D eigenvalue weighted by Crippen LogP contribution is -2.44. The van der Waals surface area contributed by atoms with E-state index in [1.165, 1.54) is 6.42 Å². The maximum atomic E-state index is 9.68. The molecule has 2 aliphatic rings. The lowest BCUT2D eigenvalue weighted by molar-refractivity contribution is 0.0209. The van der Waals surface area contributed by atoms with Gasteiger partial charge >= 0.3 is 0 Å². The predicted octanol–water partition coefficient (Wildman–Crippen LogP) is 1.05. The molecule has 2 fully saturated rings. The Balaban J connectivity index is 1.65.